The number of aryl methyl sites for hydroxylation is 1. The van der Waals surface area contributed by atoms with Gasteiger partial charge in [-0.2, -0.15) is 0 Å². The van der Waals surface area contributed by atoms with E-state index in [-0.39, 0.29) is 16.8 Å². The van der Waals surface area contributed by atoms with Gasteiger partial charge in [0.25, 0.3) is 0 Å². The average molecular weight is 524 g/mol. The second-order valence-corrected chi connectivity index (χ2v) is 8.28. The van der Waals surface area contributed by atoms with E-state index in [4.69, 9.17) is 18.4 Å². The predicted octanol–water partition coefficient (Wildman–Crippen LogP) is 5.20. The van der Waals surface area contributed by atoms with Gasteiger partial charge in [-0.15, -0.1) is 0 Å². The number of hydrogen-bond donors (Lipinski definition) is 1. The molecule has 9 nitrogen and oxygen atoms in total. The smallest absolute Gasteiger partial charge is 0.336 e. The van der Waals surface area contributed by atoms with Crippen molar-refractivity contribution >= 4 is 45.2 Å². The molecule has 0 radical (unpaired) electrons. The number of carbonyl (C=O) groups is 2. The molecular weight excluding hydrogens is 504 g/mol. The van der Waals surface area contributed by atoms with E-state index in [0.29, 0.717) is 27.7 Å². The summed E-state index contributed by atoms with van der Waals surface area (Å²) in [6, 6.07) is 23.9. The molecule has 3 aromatic heterocycles. The van der Waals surface area contributed by atoms with E-state index >= 15 is 0 Å². The SMILES string of the molecule is Cc1ccc2oc(=O)ccc2c1.O=C(O)c1ccc2oc(=O)ccc2c1.O=Cc1ccc2oc(=O)ccc2c1. The number of carboxylic acid groups (broad SMARTS) is 1. The van der Waals surface area contributed by atoms with Crippen LogP contribution in [0.25, 0.3) is 32.9 Å². The molecule has 6 aromatic rings. The Hall–Kier alpha value is -5.57. The van der Waals surface area contributed by atoms with Crippen LogP contribution in [0.15, 0.2) is 119 Å². The summed E-state index contributed by atoms with van der Waals surface area (Å²) in [5, 5.41) is 11.0. The van der Waals surface area contributed by atoms with Gasteiger partial charge in [-0.3, -0.25) is 4.79 Å². The summed E-state index contributed by atoms with van der Waals surface area (Å²) in [4.78, 5) is 53.5. The van der Waals surface area contributed by atoms with Crippen molar-refractivity contribution in [1.29, 1.82) is 0 Å². The van der Waals surface area contributed by atoms with E-state index < -0.39 is 11.6 Å². The molecule has 0 aliphatic heterocycles. The molecule has 3 heterocycles. The fourth-order valence-corrected chi connectivity index (χ4v) is 3.56. The molecule has 6 rings (SSSR count). The Morgan fingerprint density at radius 1 is 0.615 bits per heavy atom. The van der Waals surface area contributed by atoms with E-state index in [1.165, 1.54) is 42.5 Å². The number of carboxylic acids is 1. The van der Waals surface area contributed by atoms with Crippen LogP contribution in [0, 0.1) is 6.92 Å². The Morgan fingerprint density at radius 3 is 1.59 bits per heavy atom. The quantitative estimate of drug-likeness (QED) is 0.239. The Morgan fingerprint density at radius 2 is 1.08 bits per heavy atom. The largest absolute Gasteiger partial charge is 0.478 e. The van der Waals surface area contributed by atoms with E-state index in [1.807, 2.05) is 25.1 Å². The first kappa shape index (κ1) is 26.5. The van der Waals surface area contributed by atoms with Gasteiger partial charge in [-0.1, -0.05) is 11.6 Å². The van der Waals surface area contributed by atoms with E-state index in [1.54, 1.807) is 30.3 Å². The highest BCUT2D eigenvalue weighted by molar-refractivity contribution is 5.92. The molecule has 194 valence electrons. The lowest BCUT2D eigenvalue weighted by atomic mass is 10.1. The minimum absolute atomic E-state index is 0.173. The molecule has 0 aliphatic carbocycles. The first-order valence-electron chi connectivity index (χ1n) is 11.5. The summed E-state index contributed by atoms with van der Waals surface area (Å²) in [6.07, 6.45) is 0.755. The van der Waals surface area contributed by atoms with Crippen LogP contribution in [0.5, 0.6) is 0 Å². The van der Waals surface area contributed by atoms with Gasteiger partial charge in [0.2, 0.25) is 0 Å². The number of rotatable bonds is 2. The summed E-state index contributed by atoms with van der Waals surface area (Å²) in [5.41, 5.74) is 2.32. The van der Waals surface area contributed by atoms with Gasteiger partial charge in [-0.05, 0) is 73.7 Å². The standard InChI is InChI=1S/C10H6O4.C10H6O3.C10H8O2/c11-9-4-2-6-5-7(10(12)13)1-3-8(6)14-9;11-6-7-1-3-9-8(5-7)2-4-10(12)13-9;1-7-2-4-9-8(6-7)3-5-10(11)12-9/h1-5H,(H,12,13);1-6H;2-6H,1H3. The predicted molar refractivity (Wildman–Crippen MR) is 145 cm³/mol. The van der Waals surface area contributed by atoms with Crippen molar-refractivity contribution in [2.24, 2.45) is 0 Å². The van der Waals surface area contributed by atoms with Gasteiger partial charge in [-0.25, -0.2) is 19.2 Å². The van der Waals surface area contributed by atoms with Crippen LogP contribution in [-0.2, 0) is 0 Å². The Kier molecular flexibility index (Phi) is 7.92. The molecule has 0 atom stereocenters. The molecule has 0 spiro atoms. The van der Waals surface area contributed by atoms with Crippen molar-refractivity contribution in [3.63, 3.8) is 0 Å². The van der Waals surface area contributed by atoms with Crippen LogP contribution in [0.3, 0.4) is 0 Å². The average Bonchev–Trinajstić information content (AvgIpc) is 2.93. The monoisotopic (exact) mass is 524 g/mol. The van der Waals surface area contributed by atoms with Crippen molar-refractivity contribution in [1.82, 2.24) is 0 Å². The normalized spacial score (nSPS) is 10.3. The lowest BCUT2D eigenvalue weighted by Gasteiger charge is -1.97. The van der Waals surface area contributed by atoms with Gasteiger partial charge >= 0.3 is 22.8 Å². The number of fused-ring (bicyclic) bond motifs is 3. The van der Waals surface area contributed by atoms with Gasteiger partial charge in [0.05, 0.1) is 5.56 Å². The van der Waals surface area contributed by atoms with Crippen molar-refractivity contribution < 1.29 is 27.9 Å². The zero-order valence-corrected chi connectivity index (χ0v) is 20.5. The molecule has 0 saturated heterocycles. The topological polar surface area (TPSA) is 145 Å². The minimum atomic E-state index is -1.00. The third kappa shape index (κ3) is 6.80. The molecule has 1 N–H and O–H groups in total. The van der Waals surface area contributed by atoms with E-state index in [2.05, 4.69) is 0 Å². The molecule has 0 saturated carbocycles. The first-order valence-corrected chi connectivity index (χ1v) is 11.5. The highest BCUT2D eigenvalue weighted by atomic mass is 16.4. The fraction of sp³-hybridized carbons (Fsp3) is 0.0333. The number of hydrogen-bond acceptors (Lipinski definition) is 8. The van der Waals surface area contributed by atoms with Crippen LogP contribution in [0.1, 0.15) is 26.3 Å². The second kappa shape index (κ2) is 11.7. The van der Waals surface area contributed by atoms with E-state index in [9.17, 15) is 24.0 Å². The summed E-state index contributed by atoms with van der Waals surface area (Å²) >= 11 is 0. The Balaban J connectivity index is 0.000000136. The molecule has 0 fully saturated rings. The van der Waals surface area contributed by atoms with E-state index in [0.717, 1.165) is 22.6 Å². The molecule has 0 aliphatic rings. The minimum Gasteiger partial charge on any atom is -0.478 e. The maximum Gasteiger partial charge on any atom is 0.336 e. The van der Waals surface area contributed by atoms with Crippen molar-refractivity contribution in [3.05, 3.63) is 139 Å². The third-order valence-corrected chi connectivity index (χ3v) is 5.42. The van der Waals surface area contributed by atoms with Crippen molar-refractivity contribution in [2.45, 2.75) is 6.92 Å². The molecule has 0 unspecified atom stereocenters. The number of carbonyl (C=O) groups excluding carboxylic acids is 1. The molecule has 0 amide bonds. The van der Waals surface area contributed by atoms with Crippen LogP contribution >= 0.6 is 0 Å². The highest BCUT2D eigenvalue weighted by Crippen LogP contribution is 2.15. The second-order valence-electron chi connectivity index (χ2n) is 8.28. The van der Waals surface area contributed by atoms with Gasteiger partial charge in [0, 0.05) is 39.9 Å². The molecule has 39 heavy (non-hydrogen) atoms. The Bertz CT molecular complexity index is 1990. The van der Waals surface area contributed by atoms with Gasteiger partial charge in [0.1, 0.15) is 23.0 Å². The maximum atomic E-state index is 10.8. The summed E-state index contributed by atoms with van der Waals surface area (Å²) in [6.45, 7) is 2.00. The number of aldehydes is 1. The first-order chi connectivity index (χ1) is 18.7. The highest BCUT2D eigenvalue weighted by Gasteiger charge is 2.04. The molecule has 0 bridgehead atoms. The lowest BCUT2D eigenvalue weighted by Crippen LogP contribution is -1.98. The third-order valence-electron chi connectivity index (χ3n) is 5.42. The van der Waals surface area contributed by atoms with Crippen molar-refractivity contribution in [2.75, 3.05) is 0 Å². The molecule has 9 heteroatoms. The summed E-state index contributed by atoms with van der Waals surface area (Å²) in [5.74, 6) is -1.00. The molecule has 3 aromatic carbocycles. The number of benzene rings is 3. The molecular formula is C30H20O9. The van der Waals surface area contributed by atoms with Crippen LogP contribution < -0.4 is 16.9 Å². The van der Waals surface area contributed by atoms with Crippen LogP contribution in [-0.4, -0.2) is 17.4 Å². The maximum absolute atomic E-state index is 10.8. The Labute approximate surface area is 219 Å². The number of aromatic carboxylic acids is 1. The van der Waals surface area contributed by atoms with Crippen LogP contribution in [0.4, 0.5) is 0 Å². The zero-order valence-electron chi connectivity index (χ0n) is 20.5. The summed E-state index contributed by atoms with van der Waals surface area (Å²) < 4.78 is 14.7. The van der Waals surface area contributed by atoms with Gasteiger partial charge < -0.3 is 18.4 Å². The fourth-order valence-electron chi connectivity index (χ4n) is 3.56. The zero-order chi connectivity index (χ0) is 27.9. The van der Waals surface area contributed by atoms with Crippen molar-refractivity contribution in [3.8, 4) is 0 Å². The lowest BCUT2D eigenvalue weighted by molar-refractivity contribution is 0.0697. The van der Waals surface area contributed by atoms with Gasteiger partial charge in [0.15, 0.2) is 0 Å². The summed E-state index contributed by atoms with van der Waals surface area (Å²) in [7, 11) is 0. The van der Waals surface area contributed by atoms with Crippen LogP contribution in [0.2, 0.25) is 0 Å².